The second-order valence-electron chi connectivity index (χ2n) is 7.43. The molecule has 0 aliphatic carbocycles. The van der Waals surface area contributed by atoms with Crippen LogP contribution in [0.2, 0.25) is 0 Å². The molecule has 0 saturated carbocycles. The van der Waals surface area contributed by atoms with Gasteiger partial charge in [0.15, 0.2) is 0 Å². The largest absolute Gasteiger partial charge is 0.372 e. The van der Waals surface area contributed by atoms with Crippen molar-refractivity contribution in [1.82, 2.24) is 15.0 Å². The van der Waals surface area contributed by atoms with Crippen LogP contribution in [0.5, 0.6) is 0 Å². The van der Waals surface area contributed by atoms with Gasteiger partial charge in [-0.1, -0.05) is 44.2 Å². The van der Waals surface area contributed by atoms with Crippen LogP contribution in [-0.4, -0.2) is 27.5 Å². The molecule has 1 aromatic carbocycles. The summed E-state index contributed by atoms with van der Waals surface area (Å²) in [5.74, 6) is 0.666. The minimum Gasteiger partial charge on any atom is -0.372 e. The van der Waals surface area contributed by atoms with E-state index in [1.165, 1.54) is 0 Å². The number of nitrogens with one attached hydrogen (secondary N) is 1. The van der Waals surface area contributed by atoms with Crippen LogP contribution in [0.25, 0.3) is 11.1 Å². The molecule has 4 rings (SSSR count). The Kier molecular flexibility index (Phi) is 5.62. The van der Waals surface area contributed by atoms with E-state index < -0.39 is 0 Å². The van der Waals surface area contributed by atoms with Crippen molar-refractivity contribution in [3.05, 3.63) is 72.1 Å². The zero-order valence-corrected chi connectivity index (χ0v) is 16.6. The van der Waals surface area contributed by atoms with Crippen molar-refractivity contribution in [3.63, 3.8) is 0 Å². The second kappa shape index (κ2) is 8.49. The molecule has 3 heterocycles. The lowest BCUT2D eigenvalue weighted by molar-refractivity contribution is 0.102. The zero-order valence-electron chi connectivity index (χ0n) is 16.6. The van der Waals surface area contributed by atoms with Crippen LogP contribution in [0.1, 0.15) is 60.6 Å². The van der Waals surface area contributed by atoms with Gasteiger partial charge in [0.2, 0.25) is 0 Å². The molecule has 0 unspecified atom stereocenters. The number of pyridine rings is 1. The smallest absolute Gasteiger partial charge is 0.258 e. The van der Waals surface area contributed by atoms with Gasteiger partial charge in [0, 0.05) is 36.7 Å². The molecule has 0 bridgehead atoms. The number of amides is 1. The summed E-state index contributed by atoms with van der Waals surface area (Å²) in [6.45, 7) is 4.75. The van der Waals surface area contributed by atoms with Crippen molar-refractivity contribution in [2.75, 3.05) is 11.9 Å². The van der Waals surface area contributed by atoms with Crippen LogP contribution in [0.15, 0.2) is 55.0 Å². The van der Waals surface area contributed by atoms with Crippen LogP contribution >= 0.6 is 0 Å². The monoisotopic (exact) mass is 388 g/mol. The maximum atomic E-state index is 13.0. The van der Waals surface area contributed by atoms with Crippen LogP contribution in [0.4, 0.5) is 5.69 Å². The van der Waals surface area contributed by atoms with Gasteiger partial charge in [-0.15, -0.1) is 0 Å². The SMILES string of the molecule is CC(C)c1ncc(C(=O)Nc2c(-c3ccccc3)ccnc2[C@H]2CCCO2)cn1. The highest BCUT2D eigenvalue weighted by molar-refractivity contribution is 6.06. The van der Waals surface area contributed by atoms with Gasteiger partial charge in [-0.25, -0.2) is 9.97 Å². The molecule has 148 valence electrons. The summed E-state index contributed by atoms with van der Waals surface area (Å²) in [5, 5.41) is 3.06. The Morgan fingerprint density at radius 1 is 1.10 bits per heavy atom. The lowest BCUT2D eigenvalue weighted by Crippen LogP contribution is -2.17. The minimum absolute atomic E-state index is 0.117. The van der Waals surface area contributed by atoms with Gasteiger partial charge in [-0.05, 0) is 24.5 Å². The summed E-state index contributed by atoms with van der Waals surface area (Å²) < 4.78 is 5.86. The molecule has 2 aromatic heterocycles. The number of hydrogen-bond acceptors (Lipinski definition) is 5. The molecule has 6 nitrogen and oxygen atoms in total. The van der Waals surface area contributed by atoms with Crippen molar-refractivity contribution >= 4 is 11.6 Å². The van der Waals surface area contributed by atoms with Gasteiger partial charge in [-0.3, -0.25) is 9.78 Å². The first-order valence-corrected chi connectivity index (χ1v) is 9.92. The molecule has 1 aliphatic heterocycles. The van der Waals surface area contributed by atoms with Crippen LogP contribution < -0.4 is 5.32 Å². The topological polar surface area (TPSA) is 77.0 Å². The first-order chi connectivity index (χ1) is 14.1. The number of carbonyl (C=O) groups excluding carboxylic acids is 1. The van der Waals surface area contributed by atoms with E-state index >= 15 is 0 Å². The molecule has 6 heteroatoms. The number of carbonyl (C=O) groups is 1. The lowest BCUT2D eigenvalue weighted by atomic mass is 10.0. The fourth-order valence-corrected chi connectivity index (χ4v) is 3.44. The number of rotatable bonds is 5. The molecule has 1 amide bonds. The molecule has 29 heavy (non-hydrogen) atoms. The molecule has 1 aliphatic rings. The Balaban J connectivity index is 1.71. The van der Waals surface area contributed by atoms with E-state index in [1.807, 2.05) is 50.2 Å². The van der Waals surface area contributed by atoms with Crippen LogP contribution in [0.3, 0.4) is 0 Å². The van der Waals surface area contributed by atoms with Gasteiger partial charge in [0.05, 0.1) is 16.9 Å². The summed E-state index contributed by atoms with van der Waals surface area (Å²) >= 11 is 0. The first kappa shape index (κ1) is 19.2. The molecular weight excluding hydrogens is 364 g/mol. The van der Waals surface area contributed by atoms with E-state index in [9.17, 15) is 4.79 Å². The molecule has 1 N–H and O–H groups in total. The maximum Gasteiger partial charge on any atom is 0.258 e. The average Bonchev–Trinajstić information content (AvgIpc) is 3.29. The zero-order chi connectivity index (χ0) is 20.2. The summed E-state index contributed by atoms with van der Waals surface area (Å²) in [7, 11) is 0. The van der Waals surface area contributed by atoms with Gasteiger partial charge < -0.3 is 10.1 Å². The van der Waals surface area contributed by atoms with E-state index in [-0.39, 0.29) is 17.9 Å². The van der Waals surface area contributed by atoms with Gasteiger partial charge >= 0.3 is 0 Å². The number of aromatic nitrogens is 3. The highest BCUT2D eigenvalue weighted by atomic mass is 16.5. The highest BCUT2D eigenvalue weighted by Gasteiger charge is 2.25. The Morgan fingerprint density at radius 3 is 2.52 bits per heavy atom. The van der Waals surface area contributed by atoms with E-state index in [0.29, 0.717) is 23.7 Å². The molecule has 1 fully saturated rings. The summed E-state index contributed by atoms with van der Waals surface area (Å²) in [6, 6.07) is 11.9. The Labute approximate surface area is 170 Å². The minimum atomic E-state index is -0.260. The van der Waals surface area contributed by atoms with Gasteiger partial charge in [0.1, 0.15) is 11.9 Å². The van der Waals surface area contributed by atoms with Gasteiger partial charge in [0.25, 0.3) is 5.91 Å². The van der Waals surface area contributed by atoms with Crippen molar-refractivity contribution in [2.24, 2.45) is 0 Å². The number of nitrogens with zero attached hydrogens (tertiary/aromatic N) is 3. The lowest BCUT2D eigenvalue weighted by Gasteiger charge is -2.18. The Bertz CT molecular complexity index is 982. The fraction of sp³-hybridized carbons (Fsp3) is 0.304. The molecule has 0 spiro atoms. The number of anilines is 1. The fourth-order valence-electron chi connectivity index (χ4n) is 3.44. The molecular formula is C23H24N4O2. The predicted octanol–water partition coefficient (Wildman–Crippen LogP) is 4.77. The third-order valence-electron chi connectivity index (χ3n) is 4.99. The Morgan fingerprint density at radius 2 is 1.86 bits per heavy atom. The highest BCUT2D eigenvalue weighted by Crippen LogP contribution is 2.37. The number of ether oxygens (including phenoxy) is 1. The van der Waals surface area contributed by atoms with E-state index in [4.69, 9.17) is 4.74 Å². The first-order valence-electron chi connectivity index (χ1n) is 9.92. The van der Waals surface area contributed by atoms with Gasteiger partial charge in [-0.2, -0.15) is 0 Å². The average molecular weight is 388 g/mol. The number of benzene rings is 1. The van der Waals surface area contributed by atoms with Crippen molar-refractivity contribution in [2.45, 2.75) is 38.7 Å². The van der Waals surface area contributed by atoms with Crippen LogP contribution in [-0.2, 0) is 4.74 Å². The summed E-state index contributed by atoms with van der Waals surface area (Å²) in [5.41, 5.74) is 3.78. The standard InChI is InChI=1S/C23H24N4O2/c1-15(2)22-25-13-17(14-26-22)23(28)27-20-18(16-7-4-3-5-8-16)10-11-24-21(20)19-9-6-12-29-19/h3-5,7-8,10-11,13-15,19H,6,9,12H2,1-2H3,(H,27,28)/t19-/m1/s1. The van der Waals surface area contributed by atoms with Crippen LogP contribution in [0, 0.1) is 0 Å². The molecule has 1 atom stereocenters. The van der Waals surface area contributed by atoms with Crippen molar-refractivity contribution in [3.8, 4) is 11.1 Å². The maximum absolute atomic E-state index is 13.0. The second-order valence-corrected chi connectivity index (χ2v) is 7.43. The molecule has 3 aromatic rings. The summed E-state index contributed by atoms with van der Waals surface area (Å²) in [6.07, 6.45) is 6.67. The van der Waals surface area contributed by atoms with E-state index in [0.717, 1.165) is 29.7 Å². The quantitative estimate of drug-likeness (QED) is 0.681. The van der Waals surface area contributed by atoms with Crippen molar-refractivity contribution in [1.29, 1.82) is 0 Å². The van der Waals surface area contributed by atoms with E-state index in [1.54, 1.807) is 18.6 Å². The van der Waals surface area contributed by atoms with E-state index in [2.05, 4.69) is 20.3 Å². The van der Waals surface area contributed by atoms with Crippen molar-refractivity contribution < 1.29 is 9.53 Å². The normalized spacial score (nSPS) is 16.2. The third kappa shape index (κ3) is 4.17. The number of hydrogen-bond donors (Lipinski definition) is 1. The Hall–Kier alpha value is -3.12. The molecule has 1 saturated heterocycles. The molecule has 0 radical (unpaired) electrons. The predicted molar refractivity (Wildman–Crippen MR) is 112 cm³/mol. The summed E-state index contributed by atoms with van der Waals surface area (Å²) in [4.78, 5) is 26.2. The third-order valence-corrected chi connectivity index (χ3v) is 4.99.